The number of thiophene rings is 2. The lowest BCUT2D eigenvalue weighted by molar-refractivity contribution is 0.304. The van der Waals surface area contributed by atoms with Crippen LogP contribution in [0, 0.1) is 20.5 Å². The predicted octanol–water partition coefficient (Wildman–Crippen LogP) is 26.4. The van der Waals surface area contributed by atoms with Crippen molar-refractivity contribution in [1.29, 1.82) is 0 Å². The fraction of sp³-hybridized carbons (Fsp3) is 0.393. The second-order valence-corrected chi connectivity index (χ2v) is 28.9. The molecule has 0 atom stereocenters. The molecule has 1 aliphatic heterocycles. The van der Waals surface area contributed by atoms with Gasteiger partial charge in [-0.05, 0) is 193 Å². The number of ether oxygens (including phenoxy) is 4. The zero-order valence-corrected chi connectivity index (χ0v) is 61.3. The van der Waals surface area contributed by atoms with Gasteiger partial charge in [-0.15, -0.1) is 22.7 Å². The number of aryl methyl sites for hydroxylation is 2. The van der Waals surface area contributed by atoms with E-state index < -0.39 is 0 Å². The minimum absolute atomic E-state index is 0.650. The fourth-order valence-electron chi connectivity index (χ4n) is 12.7. The Morgan fingerprint density at radius 3 is 1.10 bits per heavy atom. The minimum Gasteiger partial charge on any atom is -0.494 e. The summed E-state index contributed by atoms with van der Waals surface area (Å²) in [6, 6.07) is 62.0. The first-order chi connectivity index (χ1) is 48.2. The van der Waals surface area contributed by atoms with Crippen LogP contribution in [-0.4, -0.2) is 31.4 Å². The van der Waals surface area contributed by atoms with Crippen LogP contribution in [0.5, 0.6) is 23.0 Å². The van der Waals surface area contributed by atoms with Gasteiger partial charge in [-0.3, -0.25) is 4.90 Å². The van der Waals surface area contributed by atoms with Crippen molar-refractivity contribution in [3.8, 4) is 43.9 Å². The zero-order chi connectivity index (χ0) is 67.9. The number of pyridine rings is 1. The van der Waals surface area contributed by atoms with E-state index in [9.17, 15) is 0 Å². The number of aromatic nitrogens is 1. The van der Waals surface area contributed by atoms with Crippen molar-refractivity contribution in [2.75, 3.05) is 36.2 Å². The number of fused-ring (bicyclic) bond motifs is 1. The van der Waals surface area contributed by atoms with Gasteiger partial charge in [-0.2, -0.15) is 0 Å². The van der Waals surface area contributed by atoms with Gasteiger partial charge in [-0.25, -0.2) is 4.98 Å². The Hall–Kier alpha value is -7.85. The van der Waals surface area contributed by atoms with E-state index in [-0.39, 0.29) is 0 Å². The maximum absolute atomic E-state index is 6.33. The second kappa shape index (κ2) is 39.7. The van der Waals surface area contributed by atoms with Crippen LogP contribution in [0.1, 0.15) is 230 Å². The summed E-state index contributed by atoms with van der Waals surface area (Å²) in [7, 11) is 0. The Morgan fingerprint density at radius 2 is 0.735 bits per heavy atom. The molecule has 514 valence electrons. The average Bonchev–Trinajstić information content (AvgIpc) is 1.66. The summed E-state index contributed by atoms with van der Waals surface area (Å²) in [5.41, 5.74) is 14.8. The molecule has 0 bridgehead atoms. The molecule has 0 fully saturated rings. The van der Waals surface area contributed by atoms with Crippen molar-refractivity contribution < 1.29 is 18.9 Å². The maximum atomic E-state index is 6.33. The summed E-state index contributed by atoms with van der Waals surface area (Å²) in [5, 5.41) is 0. The molecule has 0 saturated carbocycles. The molecule has 0 spiro atoms. The highest BCUT2D eigenvalue weighted by atomic mass is 32.1. The molecule has 4 heterocycles. The zero-order valence-electron chi connectivity index (χ0n) is 59.7. The highest BCUT2D eigenvalue weighted by Crippen LogP contribution is 2.51. The second-order valence-electron chi connectivity index (χ2n) is 26.7. The summed E-state index contributed by atoms with van der Waals surface area (Å²) in [6.07, 6.45) is 36.3. The molecular formula is C89H107N3O4S2. The number of hydrogen-bond donors (Lipinski definition) is 0. The van der Waals surface area contributed by atoms with Crippen molar-refractivity contribution in [1.82, 2.24) is 4.98 Å². The largest absolute Gasteiger partial charge is 0.494 e. The van der Waals surface area contributed by atoms with E-state index in [2.05, 4.69) is 240 Å². The number of unbranched alkanes of at least 4 members (excludes halogenated alkanes) is 20. The Bertz CT molecular complexity index is 3720. The smallest absolute Gasteiger partial charge is 0.215 e. The van der Waals surface area contributed by atoms with Crippen molar-refractivity contribution in [2.45, 2.75) is 202 Å². The average molecular weight is 1350 g/mol. The van der Waals surface area contributed by atoms with Crippen LogP contribution in [0.4, 0.5) is 17.2 Å². The molecule has 0 aliphatic carbocycles. The van der Waals surface area contributed by atoms with Crippen molar-refractivity contribution >= 4 is 63.2 Å². The van der Waals surface area contributed by atoms with Gasteiger partial charge in [-0.1, -0.05) is 234 Å². The molecule has 98 heavy (non-hydrogen) atoms. The standard InChI is InChI=1S/C89H107N3O4S2/c1-7-11-15-19-23-27-57-93-75-43-35-71(36-44-75)81(72-37-45-76(46-38-72)94-58-28-24-20-16-12-8-2)62-79-51-53-87(97-79)83-64-85-86(92(89-61-69(6)55-56-90-89)67-91(85)66-70-33-31-68(5)32-34-70)65-84(83)88-54-52-80(98-88)63-82(73-39-47-77(48-40-73)95-59-29-25-21-17-13-9-3)74-41-49-78(50-42-74)96-60-30-26-22-18-14-10-4/h31-56,61-65H,7-30,57-60,66H2,1-6H3. The summed E-state index contributed by atoms with van der Waals surface area (Å²) >= 11 is 3.65. The molecule has 9 aromatic rings. The fourth-order valence-corrected chi connectivity index (χ4v) is 14.7. The number of rotatable bonds is 43. The van der Waals surface area contributed by atoms with E-state index in [1.807, 2.05) is 28.9 Å². The number of nitrogens with zero attached hydrogens (tertiary/aromatic N) is 3. The van der Waals surface area contributed by atoms with Gasteiger partial charge in [0, 0.05) is 43.4 Å². The monoisotopic (exact) mass is 1350 g/mol. The Labute approximate surface area is 597 Å². The first-order valence-corrected chi connectivity index (χ1v) is 39.0. The predicted molar refractivity (Wildman–Crippen MR) is 420 cm³/mol. The van der Waals surface area contributed by atoms with Crippen LogP contribution in [0.2, 0.25) is 0 Å². The maximum Gasteiger partial charge on any atom is 0.215 e. The van der Waals surface area contributed by atoms with Crippen molar-refractivity contribution in [3.63, 3.8) is 0 Å². The van der Waals surface area contributed by atoms with Gasteiger partial charge in [0.05, 0.1) is 37.8 Å². The van der Waals surface area contributed by atoms with Gasteiger partial charge in [0.25, 0.3) is 0 Å². The minimum atomic E-state index is 0.650. The topological polar surface area (TPSA) is 56.3 Å². The molecular weight excluding hydrogens is 1240 g/mol. The van der Waals surface area contributed by atoms with Crippen LogP contribution in [0.15, 0.2) is 176 Å². The number of benzene rings is 6. The summed E-state index contributed by atoms with van der Waals surface area (Å²) < 4.78 is 25.3. The molecule has 0 saturated heterocycles. The lowest BCUT2D eigenvalue weighted by atomic mass is 9.97. The third-order valence-electron chi connectivity index (χ3n) is 18.5. The molecule has 0 amide bonds. The van der Waals surface area contributed by atoms with E-state index in [1.165, 1.54) is 149 Å². The van der Waals surface area contributed by atoms with Crippen LogP contribution in [0.3, 0.4) is 0 Å². The quantitative estimate of drug-likeness (QED) is 0.0353. The number of hydrogen-bond acceptors (Lipinski definition) is 9. The van der Waals surface area contributed by atoms with Gasteiger partial charge in [0.15, 0.2) is 0 Å². The number of anilines is 3. The van der Waals surface area contributed by atoms with Crippen LogP contribution < -0.4 is 28.7 Å². The van der Waals surface area contributed by atoms with Gasteiger partial charge >= 0.3 is 0 Å². The van der Waals surface area contributed by atoms with E-state index in [4.69, 9.17) is 23.9 Å². The third-order valence-corrected chi connectivity index (χ3v) is 20.7. The lowest BCUT2D eigenvalue weighted by Gasteiger charge is -2.19. The molecule has 0 unspecified atom stereocenters. The van der Waals surface area contributed by atoms with Crippen LogP contribution >= 0.6 is 22.7 Å². The Morgan fingerprint density at radius 1 is 0.378 bits per heavy atom. The van der Waals surface area contributed by atoms with Crippen LogP contribution in [0.25, 0.3) is 44.2 Å². The molecule has 7 nitrogen and oxygen atoms in total. The van der Waals surface area contributed by atoms with Gasteiger partial charge in [0.1, 0.15) is 28.8 Å². The molecule has 1 aliphatic rings. The van der Waals surface area contributed by atoms with E-state index in [0.29, 0.717) is 6.54 Å². The summed E-state index contributed by atoms with van der Waals surface area (Å²) in [5.74, 6) is 4.46. The van der Waals surface area contributed by atoms with Gasteiger partial charge in [0.2, 0.25) is 6.67 Å². The molecule has 3 aromatic heterocycles. The van der Waals surface area contributed by atoms with E-state index in [0.717, 1.165) is 152 Å². The van der Waals surface area contributed by atoms with Crippen LogP contribution in [-0.2, 0) is 6.54 Å². The third kappa shape index (κ3) is 22.1. The highest BCUT2D eigenvalue weighted by Gasteiger charge is 2.32. The van der Waals surface area contributed by atoms with Gasteiger partial charge < -0.3 is 23.8 Å². The van der Waals surface area contributed by atoms with Crippen molar-refractivity contribution in [2.24, 2.45) is 0 Å². The molecule has 9 heteroatoms. The molecule has 2 radical (unpaired) electrons. The Balaban J connectivity index is 1.02. The molecule has 6 aromatic carbocycles. The molecule has 10 rings (SSSR count). The molecule has 0 N–H and O–H groups in total. The first kappa shape index (κ1) is 72.9. The lowest BCUT2D eigenvalue weighted by Crippen LogP contribution is -2.22. The summed E-state index contributed by atoms with van der Waals surface area (Å²) in [6.45, 7) is 20.8. The first-order valence-electron chi connectivity index (χ1n) is 37.3. The highest BCUT2D eigenvalue weighted by molar-refractivity contribution is 7.17. The summed E-state index contributed by atoms with van der Waals surface area (Å²) in [4.78, 5) is 14.1. The van der Waals surface area contributed by atoms with Crippen molar-refractivity contribution in [3.05, 3.63) is 231 Å². The van der Waals surface area contributed by atoms with E-state index in [1.54, 1.807) is 0 Å². The van der Waals surface area contributed by atoms with E-state index >= 15 is 0 Å². The normalized spacial score (nSPS) is 11.9. The SMILES string of the molecule is CCCCCCCCOc1ccc(C(=Cc2ccc(-c3cc4c(cc3-c3ccc(C=C(c5ccc(OCCCCCCCC)cc5)c5ccc(OCCCCCCCC)cc5)s3)N(c3cc(C)ccn3)[C]N4Cc3ccc(C)cc3)s2)c2ccc(OCCCCCCCC)cc2)cc1. The Kier molecular flexibility index (Phi) is 29.5.